The normalized spacial score (nSPS) is 11.1. The summed E-state index contributed by atoms with van der Waals surface area (Å²) < 4.78 is 6.67. The largest absolute Gasteiger partial charge is 0.504 e. The fourth-order valence-corrected chi connectivity index (χ4v) is 2.42. The van der Waals surface area contributed by atoms with Gasteiger partial charge in [0, 0.05) is 6.42 Å². The van der Waals surface area contributed by atoms with Crippen molar-refractivity contribution in [3.8, 4) is 11.5 Å². The van der Waals surface area contributed by atoms with Crippen molar-refractivity contribution in [3.63, 3.8) is 0 Å². The standard InChI is InChI=1S/C17H16N4O2S/c1-23-15-9-13(7-8-14(15)22)11-18-21-16(19-20-17(21)24)10-12-5-3-2-4-6-12/h2-9,11,22H,10H2,1H3,(H,20,24)/b18-11+. The Balaban J connectivity index is 1.86. The highest BCUT2D eigenvalue weighted by Crippen LogP contribution is 2.25. The highest BCUT2D eigenvalue weighted by molar-refractivity contribution is 7.80. The second kappa shape index (κ2) is 7.18. The minimum Gasteiger partial charge on any atom is -0.504 e. The molecular weight excluding hydrogens is 324 g/mol. The smallest absolute Gasteiger partial charge is 0.208 e. The van der Waals surface area contributed by atoms with Gasteiger partial charge in [0.2, 0.25) is 5.16 Å². The van der Waals surface area contributed by atoms with Crippen LogP contribution >= 0.6 is 12.6 Å². The topological polar surface area (TPSA) is 72.5 Å². The maximum atomic E-state index is 9.63. The van der Waals surface area contributed by atoms with Crippen LogP contribution in [0.4, 0.5) is 0 Å². The minimum absolute atomic E-state index is 0.0820. The summed E-state index contributed by atoms with van der Waals surface area (Å²) in [5.74, 6) is 1.16. The molecule has 0 fully saturated rings. The number of nitrogens with zero attached hydrogens (tertiary/aromatic N) is 4. The van der Waals surface area contributed by atoms with Crippen molar-refractivity contribution in [3.05, 3.63) is 65.5 Å². The quantitative estimate of drug-likeness (QED) is 0.553. The summed E-state index contributed by atoms with van der Waals surface area (Å²) in [5, 5.41) is 22.5. The van der Waals surface area contributed by atoms with Crippen molar-refractivity contribution in [2.75, 3.05) is 7.11 Å². The lowest BCUT2D eigenvalue weighted by atomic mass is 10.1. The summed E-state index contributed by atoms with van der Waals surface area (Å²) in [7, 11) is 1.50. The monoisotopic (exact) mass is 340 g/mol. The van der Waals surface area contributed by atoms with E-state index in [4.69, 9.17) is 4.74 Å². The number of hydrogen-bond donors (Lipinski definition) is 2. The molecule has 0 aliphatic heterocycles. The second-order valence-corrected chi connectivity index (χ2v) is 5.47. The molecule has 0 spiro atoms. The van der Waals surface area contributed by atoms with E-state index >= 15 is 0 Å². The molecule has 7 heteroatoms. The number of hydrogen-bond acceptors (Lipinski definition) is 6. The SMILES string of the molecule is COc1cc(/C=N/n2c(S)nnc2Cc2ccccc2)ccc1O. The average Bonchev–Trinajstić information content (AvgIpc) is 2.95. The van der Waals surface area contributed by atoms with Crippen molar-refractivity contribution < 1.29 is 9.84 Å². The van der Waals surface area contributed by atoms with Crippen LogP contribution in [0.2, 0.25) is 0 Å². The van der Waals surface area contributed by atoms with Crippen LogP contribution in [0.15, 0.2) is 58.8 Å². The van der Waals surface area contributed by atoms with E-state index in [0.717, 1.165) is 11.1 Å². The molecule has 0 atom stereocenters. The zero-order valence-corrected chi connectivity index (χ0v) is 13.9. The van der Waals surface area contributed by atoms with E-state index in [1.807, 2.05) is 30.3 Å². The molecule has 1 aromatic heterocycles. The summed E-state index contributed by atoms with van der Waals surface area (Å²) in [4.78, 5) is 0. The maximum absolute atomic E-state index is 9.63. The lowest BCUT2D eigenvalue weighted by Crippen LogP contribution is -2.01. The van der Waals surface area contributed by atoms with Crippen LogP contribution in [0, 0.1) is 0 Å². The molecule has 0 saturated carbocycles. The molecule has 122 valence electrons. The Labute approximate surface area is 144 Å². The van der Waals surface area contributed by atoms with Crippen LogP contribution < -0.4 is 4.74 Å². The summed E-state index contributed by atoms with van der Waals surface area (Å²) >= 11 is 4.30. The molecule has 0 aliphatic rings. The summed E-state index contributed by atoms with van der Waals surface area (Å²) in [6, 6.07) is 14.9. The highest BCUT2D eigenvalue weighted by Gasteiger charge is 2.09. The van der Waals surface area contributed by atoms with E-state index in [0.29, 0.717) is 23.2 Å². The summed E-state index contributed by atoms with van der Waals surface area (Å²) in [5.41, 5.74) is 1.89. The van der Waals surface area contributed by atoms with E-state index in [1.165, 1.54) is 7.11 Å². The number of methoxy groups -OCH3 is 1. The number of phenols is 1. The van der Waals surface area contributed by atoms with Gasteiger partial charge in [0.1, 0.15) is 0 Å². The summed E-state index contributed by atoms with van der Waals surface area (Å²) in [6.07, 6.45) is 2.24. The molecule has 0 radical (unpaired) electrons. The zero-order valence-electron chi connectivity index (χ0n) is 13.0. The minimum atomic E-state index is 0.0820. The number of thiol groups is 1. The number of ether oxygens (including phenoxy) is 1. The Morgan fingerprint density at radius 1 is 1.21 bits per heavy atom. The van der Waals surface area contributed by atoms with Crippen LogP contribution in [-0.2, 0) is 6.42 Å². The fourth-order valence-electron chi connectivity index (χ4n) is 2.21. The first-order valence-electron chi connectivity index (χ1n) is 7.26. The third kappa shape index (κ3) is 3.57. The molecule has 1 N–H and O–H groups in total. The van der Waals surface area contributed by atoms with Gasteiger partial charge >= 0.3 is 0 Å². The molecule has 6 nitrogen and oxygen atoms in total. The van der Waals surface area contributed by atoms with Crippen molar-refractivity contribution in [2.24, 2.45) is 5.10 Å². The van der Waals surface area contributed by atoms with Gasteiger partial charge in [-0.15, -0.1) is 22.8 Å². The van der Waals surface area contributed by atoms with E-state index in [-0.39, 0.29) is 5.75 Å². The molecule has 0 amide bonds. The highest BCUT2D eigenvalue weighted by atomic mass is 32.1. The number of aromatic nitrogens is 3. The van der Waals surface area contributed by atoms with Gasteiger partial charge in [-0.2, -0.15) is 9.78 Å². The third-order valence-corrected chi connectivity index (χ3v) is 3.70. The van der Waals surface area contributed by atoms with Gasteiger partial charge in [0.05, 0.1) is 13.3 Å². The first kappa shape index (κ1) is 16.1. The van der Waals surface area contributed by atoms with Crippen LogP contribution in [0.5, 0.6) is 11.5 Å². The molecule has 0 bridgehead atoms. The van der Waals surface area contributed by atoms with Gasteiger partial charge in [-0.1, -0.05) is 30.3 Å². The predicted molar refractivity (Wildman–Crippen MR) is 94.2 cm³/mol. The molecule has 2 aromatic carbocycles. The molecule has 0 saturated heterocycles. The van der Waals surface area contributed by atoms with E-state index in [2.05, 4.69) is 27.9 Å². The van der Waals surface area contributed by atoms with Crippen LogP contribution in [0.3, 0.4) is 0 Å². The van der Waals surface area contributed by atoms with Gasteiger partial charge in [-0.3, -0.25) is 0 Å². The first-order valence-corrected chi connectivity index (χ1v) is 7.70. The lowest BCUT2D eigenvalue weighted by molar-refractivity contribution is 0.373. The van der Waals surface area contributed by atoms with Gasteiger partial charge < -0.3 is 9.84 Å². The van der Waals surface area contributed by atoms with E-state index in [9.17, 15) is 5.11 Å². The molecule has 0 aliphatic carbocycles. The number of rotatable bonds is 5. The molecular formula is C17H16N4O2S. The Morgan fingerprint density at radius 2 is 2.00 bits per heavy atom. The van der Waals surface area contributed by atoms with Crippen LogP contribution in [0.1, 0.15) is 17.0 Å². The van der Waals surface area contributed by atoms with Gasteiger partial charge in [-0.25, -0.2) is 0 Å². The number of phenolic OH excluding ortho intramolecular Hbond substituents is 1. The Hall–Kier alpha value is -2.80. The van der Waals surface area contributed by atoms with Crippen molar-refractivity contribution in [1.82, 2.24) is 14.9 Å². The molecule has 0 unspecified atom stereocenters. The maximum Gasteiger partial charge on any atom is 0.208 e. The van der Waals surface area contributed by atoms with Crippen molar-refractivity contribution in [1.29, 1.82) is 0 Å². The zero-order chi connectivity index (χ0) is 16.9. The number of benzene rings is 2. The Kier molecular flexibility index (Phi) is 4.81. The Morgan fingerprint density at radius 3 is 2.75 bits per heavy atom. The molecule has 3 rings (SSSR count). The first-order chi connectivity index (χ1) is 11.7. The second-order valence-electron chi connectivity index (χ2n) is 5.07. The average molecular weight is 340 g/mol. The van der Waals surface area contributed by atoms with Crippen molar-refractivity contribution >= 4 is 18.8 Å². The van der Waals surface area contributed by atoms with E-state index in [1.54, 1.807) is 29.1 Å². The van der Waals surface area contributed by atoms with E-state index < -0.39 is 0 Å². The van der Waals surface area contributed by atoms with Gasteiger partial charge in [0.25, 0.3) is 0 Å². The summed E-state index contributed by atoms with van der Waals surface area (Å²) in [6.45, 7) is 0. The molecule has 1 heterocycles. The lowest BCUT2D eigenvalue weighted by Gasteiger charge is -2.04. The predicted octanol–water partition coefficient (Wildman–Crippen LogP) is 2.75. The van der Waals surface area contributed by atoms with Crippen molar-refractivity contribution in [2.45, 2.75) is 11.6 Å². The van der Waals surface area contributed by atoms with Crippen LogP contribution in [-0.4, -0.2) is 33.3 Å². The van der Waals surface area contributed by atoms with Crippen LogP contribution in [0.25, 0.3) is 0 Å². The third-order valence-electron chi connectivity index (χ3n) is 3.42. The number of aromatic hydroxyl groups is 1. The molecule has 3 aromatic rings. The van der Waals surface area contributed by atoms with Gasteiger partial charge in [0.15, 0.2) is 17.3 Å². The Bertz CT molecular complexity index is 862. The molecule has 24 heavy (non-hydrogen) atoms. The fraction of sp³-hybridized carbons (Fsp3) is 0.118. The van der Waals surface area contributed by atoms with Gasteiger partial charge in [-0.05, 0) is 29.3 Å².